The molecule has 5 nitrogen and oxygen atoms in total. The van der Waals surface area contributed by atoms with Gasteiger partial charge in [0.2, 0.25) is 5.78 Å². The fourth-order valence-electron chi connectivity index (χ4n) is 1.40. The summed E-state index contributed by atoms with van der Waals surface area (Å²) in [4.78, 5) is 11.7. The number of hydrogen-bond acceptors (Lipinski definition) is 4. The average molecular weight is 211 g/mol. The van der Waals surface area contributed by atoms with Gasteiger partial charge in [-0.2, -0.15) is 0 Å². The lowest BCUT2D eigenvalue weighted by molar-refractivity contribution is 0.0717. The molecule has 0 saturated carbocycles. The highest BCUT2D eigenvalue weighted by Gasteiger charge is 2.20. The van der Waals surface area contributed by atoms with Gasteiger partial charge in [-0.3, -0.25) is 4.79 Å². The Hall–Kier alpha value is -1.23. The molecule has 5 heteroatoms. The highest BCUT2D eigenvalue weighted by atomic mass is 16.3. The smallest absolute Gasteiger partial charge is 0.210 e. The summed E-state index contributed by atoms with van der Waals surface area (Å²) in [5.74, 6) is -0.282. The van der Waals surface area contributed by atoms with E-state index < -0.39 is 6.10 Å². The monoisotopic (exact) mass is 211 g/mol. The number of rotatable bonds is 6. The SMILES string of the molecule is CCCC(O)C(=O)c1cnnn1CCC. The fourth-order valence-corrected chi connectivity index (χ4v) is 1.40. The zero-order valence-corrected chi connectivity index (χ0v) is 9.18. The number of aromatic nitrogens is 3. The molecular weight excluding hydrogens is 194 g/mol. The molecule has 0 radical (unpaired) electrons. The van der Waals surface area contributed by atoms with E-state index in [1.165, 1.54) is 6.20 Å². The third-order valence-corrected chi connectivity index (χ3v) is 2.17. The molecule has 1 heterocycles. The van der Waals surface area contributed by atoms with Crippen LogP contribution >= 0.6 is 0 Å². The molecule has 0 amide bonds. The molecule has 1 atom stereocenters. The lowest BCUT2D eigenvalue weighted by Gasteiger charge is -2.08. The molecule has 1 N–H and O–H groups in total. The minimum Gasteiger partial charge on any atom is -0.385 e. The van der Waals surface area contributed by atoms with Gasteiger partial charge in [-0.1, -0.05) is 25.5 Å². The number of carbonyl (C=O) groups excluding carboxylic acids is 1. The molecule has 0 aliphatic carbocycles. The molecule has 1 unspecified atom stereocenters. The van der Waals surface area contributed by atoms with E-state index in [-0.39, 0.29) is 5.78 Å². The van der Waals surface area contributed by atoms with Crippen molar-refractivity contribution >= 4 is 5.78 Å². The molecule has 0 aliphatic rings. The second-order valence-corrected chi connectivity index (χ2v) is 3.51. The van der Waals surface area contributed by atoms with Gasteiger partial charge in [0.05, 0.1) is 6.20 Å². The van der Waals surface area contributed by atoms with Crippen LogP contribution in [0.5, 0.6) is 0 Å². The number of hydrogen-bond donors (Lipinski definition) is 1. The fraction of sp³-hybridized carbons (Fsp3) is 0.700. The Labute approximate surface area is 89.1 Å². The van der Waals surface area contributed by atoms with Crippen molar-refractivity contribution in [3.63, 3.8) is 0 Å². The van der Waals surface area contributed by atoms with Crippen LogP contribution in [0.3, 0.4) is 0 Å². The van der Waals surface area contributed by atoms with Crippen LogP contribution < -0.4 is 0 Å². The summed E-state index contributed by atoms with van der Waals surface area (Å²) in [5, 5.41) is 17.1. The highest BCUT2D eigenvalue weighted by molar-refractivity contribution is 5.97. The molecule has 0 saturated heterocycles. The van der Waals surface area contributed by atoms with Gasteiger partial charge in [0.15, 0.2) is 0 Å². The Morgan fingerprint density at radius 1 is 1.53 bits per heavy atom. The van der Waals surface area contributed by atoms with E-state index >= 15 is 0 Å². The molecule has 15 heavy (non-hydrogen) atoms. The number of nitrogens with zero attached hydrogens (tertiary/aromatic N) is 3. The summed E-state index contributed by atoms with van der Waals surface area (Å²) in [5.41, 5.74) is 0.401. The maximum Gasteiger partial charge on any atom is 0.210 e. The second kappa shape index (κ2) is 5.60. The first-order valence-electron chi connectivity index (χ1n) is 5.31. The topological polar surface area (TPSA) is 68.0 Å². The van der Waals surface area contributed by atoms with Crippen molar-refractivity contribution in [2.24, 2.45) is 0 Å². The molecule has 0 bridgehead atoms. The summed E-state index contributed by atoms with van der Waals surface area (Å²) in [6, 6.07) is 0. The number of ketones is 1. The van der Waals surface area contributed by atoms with E-state index in [9.17, 15) is 9.90 Å². The lowest BCUT2D eigenvalue weighted by Crippen LogP contribution is -2.23. The first-order valence-corrected chi connectivity index (χ1v) is 5.31. The van der Waals surface area contributed by atoms with E-state index in [0.717, 1.165) is 12.8 Å². The van der Waals surface area contributed by atoms with Crippen LogP contribution in [0.2, 0.25) is 0 Å². The highest BCUT2D eigenvalue weighted by Crippen LogP contribution is 2.07. The van der Waals surface area contributed by atoms with Crippen LogP contribution in [0.25, 0.3) is 0 Å². The van der Waals surface area contributed by atoms with Crippen LogP contribution in [0, 0.1) is 0 Å². The van der Waals surface area contributed by atoms with Crippen LogP contribution in [0.1, 0.15) is 43.6 Å². The predicted octanol–water partition coefficient (Wildman–Crippen LogP) is 1.03. The third-order valence-electron chi connectivity index (χ3n) is 2.17. The van der Waals surface area contributed by atoms with Gasteiger partial charge in [0.1, 0.15) is 11.8 Å². The first-order chi connectivity index (χ1) is 7.20. The van der Waals surface area contributed by atoms with Crippen molar-refractivity contribution < 1.29 is 9.90 Å². The summed E-state index contributed by atoms with van der Waals surface area (Å²) >= 11 is 0. The molecule has 0 fully saturated rings. The van der Waals surface area contributed by atoms with E-state index in [1.54, 1.807) is 4.68 Å². The number of aliphatic hydroxyl groups is 1. The van der Waals surface area contributed by atoms with Gasteiger partial charge in [-0.05, 0) is 12.8 Å². The predicted molar refractivity (Wildman–Crippen MR) is 55.6 cm³/mol. The van der Waals surface area contributed by atoms with Gasteiger partial charge >= 0.3 is 0 Å². The largest absolute Gasteiger partial charge is 0.385 e. The quantitative estimate of drug-likeness (QED) is 0.714. The molecule has 1 rings (SSSR count). The Morgan fingerprint density at radius 3 is 2.87 bits per heavy atom. The summed E-state index contributed by atoms with van der Waals surface area (Å²) in [7, 11) is 0. The summed E-state index contributed by atoms with van der Waals surface area (Å²) in [6.07, 6.45) is 2.63. The molecule has 0 aromatic carbocycles. The van der Waals surface area contributed by atoms with Gasteiger partial charge in [-0.15, -0.1) is 5.10 Å². The Bertz CT molecular complexity index is 322. The van der Waals surface area contributed by atoms with E-state index in [4.69, 9.17) is 0 Å². The molecule has 0 aliphatic heterocycles. The number of aryl methyl sites for hydroxylation is 1. The second-order valence-electron chi connectivity index (χ2n) is 3.51. The number of carbonyl (C=O) groups is 1. The average Bonchev–Trinajstić information content (AvgIpc) is 2.66. The third kappa shape index (κ3) is 2.86. The molecule has 84 valence electrons. The maximum atomic E-state index is 11.7. The molecular formula is C10H17N3O2. The minimum atomic E-state index is -0.927. The van der Waals surface area contributed by atoms with Crippen molar-refractivity contribution in [1.82, 2.24) is 15.0 Å². The summed E-state index contributed by atoms with van der Waals surface area (Å²) in [6.45, 7) is 4.58. The van der Waals surface area contributed by atoms with Gasteiger partial charge in [-0.25, -0.2) is 4.68 Å². The van der Waals surface area contributed by atoms with Crippen molar-refractivity contribution in [2.45, 2.75) is 45.8 Å². The molecule has 0 spiro atoms. The number of Topliss-reactive ketones (excluding diaryl/α,β-unsaturated/α-hetero) is 1. The Morgan fingerprint density at radius 2 is 2.27 bits per heavy atom. The maximum absolute atomic E-state index is 11.7. The standard InChI is InChI=1S/C10H17N3O2/c1-3-5-9(14)10(15)8-7-11-12-13(8)6-4-2/h7,9,14H,3-6H2,1-2H3. The van der Waals surface area contributed by atoms with Crippen molar-refractivity contribution in [3.05, 3.63) is 11.9 Å². The van der Waals surface area contributed by atoms with E-state index in [2.05, 4.69) is 10.3 Å². The van der Waals surface area contributed by atoms with E-state index in [1.807, 2.05) is 13.8 Å². The van der Waals surface area contributed by atoms with Crippen molar-refractivity contribution in [1.29, 1.82) is 0 Å². The first kappa shape index (κ1) is 11.8. The minimum absolute atomic E-state index is 0.282. The van der Waals surface area contributed by atoms with E-state index in [0.29, 0.717) is 18.7 Å². The molecule has 1 aromatic rings. The van der Waals surface area contributed by atoms with Gasteiger partial charge in [0.25, 0.3) is 0 Å². The van der Waals surface area contributed by atoms with Gasteiger partial charge in [0, 0.05) is 6.54 Å². The van der Waals surface area contributed by atoms with Crippen LogP contribution in [0.15, 0.2) is 6.20 Å². The normalized spacial score (nSPS) is 12.7. The zero-order chi connectivity index (χ0) is 11.3. The lowest BCUT2D eigenvalue weighted by atomic mass is 10.1. The summed E-state index contributed by atoms with van der Waals surface area (Å²) < 4.78 is 1.54. The Kier molecular flexibility index (Phi) is 4.42. The van der Waals surface area contributed by atoms with Crippen molar-refractivity contribution in [2.75, 3.05) is 0 Å². The molecule has 1 aromatic heterocycles. The van der Waals surface area contributed by atoms with Gasteiger partial charge < -0.3 is 5.11 Å². The van der Waals surface area contributed by atoms with Crippen molar-refractivity contribution in [3.8, 4) is 0 Å². The van der Waals surface area contributed by atoms with Crippen LogP contribution in [-0.2, 0) is 6.54 Å². The Balaban J connectivity index is 2.76. The van der Waals surface area contributed by atoms with Crippen LogP contribution in [-0.4, -0.2) is 32.0 Å². The zero-order valence-electron chi connectivity index (χ0n) is 9.18. The number of aliphatic hydroxyl groups excluding tert-OH is 1. The van der Waals surface area contributed by atoms with Crippen LogP contribution in [0.4, 0.5) is 0 Å².